The van der Waals surface area contributed by atoms with E-state index in [2.05, 4.69) is 15.6 Å². The molecule has 2 aliphatic heterocycles. The van der Waals surface area contributed by atoms with Crippen LogP contribution in [0.1, 0.15) is 23.1 Å². The van der Waals surface area contributed by atoms with Gasteiger partial charge in [-0.25, -0.2) is 14.4 Å². The number of nitrogens with zero attached hydrogens (tertiary/aromatic N) is 2. The van der Waals surface area contributed by atoms with Crippen LogP contribution in [0.5, 0.6) is 0 Å². The summed E-state index contributed by atoms with van der Waals surface area (Å²) in [6.07, 6.45) is -1.20. The van der Waals surface area contributed by atoms with Gasteiger partial charge in [0.1, 0.15) is 25.9 Å². The van der Waals surface area contributed by atoms with Crippen molar-refractivity contribution < 1.29 is 33.4 Å². The number of esters is 1. The minimum atomic E-state index is -0.870. The monoisotopic (exact) mass is 584 g/mol. The average molecular weight is 585 g/mol. The topological polar surface area (TPSA) is 136 Å². The van der Waals surface area contributed by atoms with Crippen LogP contribution in [0.15, 0.2) is 96.0 Å². The van der Waals surface area contributed by atoms with E-state index in [1.807, 2.05) is 91.0 Å². The molecular weight excluding hydrogens is 552 g/mol. The molecule has 2 aliphatic rings. The molecule has 3 amide bonds. The lowest BCUT2D eigenvalue weighted by molar-refractivity contribution is -0.159. The summed E-state index contributed by atoms with van der Waals surface area (Å²) in [6.45, 7) is 0.997. The van der Waals surface area contributed by atoms with Crippen LogP contribution < -0.4 is 10.6 Å². The summed E-state index contributed by atoms with van der Waals surface area (Å²) >= 11 is 0. The second-order valence-electron chi connectivity index (χ2n) is 10.4. The number of hydrogen-bond donors (Lipinski definition) is 2. The number of ether oxygens (including phenoxy) is 3. The summed E-state index contributed by atoms with van der Waals surface area (Å²) in [6, 6.07) is 26.9. The molecule has 0 aromatic heterocycles. The van der Waals surface area contributed by atoms with Crippen LogP contribution in [0.4, 0.5) is 9.59 Å². The molecule has 3 aromatic carbocycles. The molecule has 2 atom stereocenters. The zero-order valence-corrected chi connectivity index (χ0v) is 23.4. The van der Waals surface area contributed by atoms with Crippen LogP contribution in [-0.4, -0.2) is 54.1 Å². The lowest BCUT2D eigenvalue weighted by atomic mass is 9.80. The Hall–Kier alpha value is -5.19. The van der Waals surface area contributed by atoms with E-state index in [4.69, 9.17) is 14.2 Å². The molecule has 2 fully saturated rings. The molecule has 3 aromatic rings. The van der Waals surface area contributed by atoms with Crippen molar-refractivity contribution in [3.8, 4) is 0 Å². The van der Waals surface area contributed by atoms with Crippen molar-refractivity contribution in [1.82, 2.24) is 15.5 Å². The van der Waals surface area contributed by atoms with Crippen molar-refractivity contribution in [1.29, 1.82) is 0 Å². The molecule has 43 heavy (non-hydrogen) atoms. The fourth-order valence-electron chi connectivity index (χ4n) is 4.82. The number of amides is 3. The predicted molar refractivity (Wildman–Crippen MR) is 155 cm³/mol. The highest BCUT2D eigenvalue weighted by Crippen LogP contribution is 2.30. The van der Waals surface area contributed by atoms with Gasteiger partial charge in [-0.15, -0.1) is 4.99 Å². The number of hydrogen-bond acceptors (Lipinski definition) is 7. The highest BCUT2D eigenvalue weighted by molar-refractivity contribution is 5.99. The first-order valence-corrected chi connectivity index (χ1v) is 14.0. The van der Waals surface area contributed by atoms with E-state index in [-0.39, 0.29) is 37.6 Å². The van der Waals surface area contributed by atoms with Crippen molar-refractivity contribution in [2.45, 2.75) is 32.3 Å². The van der Waals surface area contributed by atoms with E-state index < -0.39 is 30.1 Å². The summed E-state index contributed by atoms with van der Waals surface area (Å²) in [5.74, 6) is -1.19. The van der Waals surface area contributed by atoms with Crippen molar-refractivity contribution in [2.24, 2.45) is 16.8 Å². The Morgan fingerprint density at radius 1 is 0.767 bits per heavy atom. The third-order valence-electron chi connectivity index (χ3n) is 7.19. The van der Waals surface area contributed by atoms with Gasteiger partial charge in [-0.2, -0.15) is 0 Å². The van der Waals surface area contributed by atoms with E-state index >= 15 is 0 Å². The number of rotatable bonds is 9. The first-order valence-electron chi connectivity index (χ1n) is 14.0. The number of likely N-dealkylation sites (tertiary alicyclic amines) is 1. The molecule has 2 unspecified atom stereocenters. The fraction of sp³-hybridized carbons (Fsp3) is 0.281. The van der Waals surface area contributed by atoms with Gasteiger partial charge in [0.2, 0.25) is 11.9 Å². The van der Waals surface area contributed by atoms with Crippen LogP contribution in [-0.2, 0) is 43.6 Å². The lowest BCUT2D eigenvalue weighted by Gasteiger charge is -2.44. The Morgan fingerprint density at radius 3 is 1.81 bits per heavy atom. The van der Waals surface area contributed by atoms with Gasteiger partial charge in [0, 0.05) is 13.1 Å². The van der Waals surface area contributed by atoms with Gasteiger partial charge < -0.3 is 24.4 Å². The average Bonchev–Trinajstić information content (AvgIpc) is 3.01. The fourth-order valence-corrected chi connectivity index (χ4v) is 4.82. The predicted octanol–water partition coefficient (Wildman–Crippen LogP) is 3.79. The van der Waals surface area contributed by atoms with Gasteiger partial charge in [-0.1, -0.05) is 91.0 Å². The first-order chi connectivity index (χ1) is 20.9. The summed E-state index contributed by atoms with van der Waals surface area (Å²) in [5.41, 5.74) is 2.46. The number of aliphatic imine (C=N–C) groups is 1. The van der Waals surface area contributed by atoms with E-state index in [0.29, 0.717) is 19.5 Å². The van der Waals surface area contributed by atoms with Crippen LogP contribution in [0.2, 0.25) is 0 Å². The summed E-state index contributed by atoms with van der Waals surface area (Å²) < 4.78 is 16.0. The van der Waals surface area contributed by atoms with E-state index in [1.54, 1.807) is 4.90 Å². The van der Waals surface area contributed by atoms with Crippen LogP contribution in [0.25, 0.3) is 0 Å². The number of guanidine groups is 1. The standard InChI is InChI=1S/C32H32N4O7/c37-28-26(27(33-28)29(38)41-19-22-10-4-1-5-11-22)16-25-17-36(18-25)30(34-31(39)42-20-23-12-6-2-7-13-23)35-32(40)43-21-24-14-8-3-9-15-24/h1-15,25-27H,16-21H2,(H,33,37)(H,34,35,39,40). The molecule has 0 aliphatic carbocycles. The van der Waals surface area contributed by atoms with E-state index in [1.165, 1.54) is 0 Å². The van der Waals surface area contributed by atoms with Crippen molar-refractivity contribution in [3.05, 3.63) is 108 Å². The molecule has 5 rings (SSSR count). The summed E-state index contributed by atoms with van der Waals surface area (Å²) in [4.78, 5) is 55.7. The van der Waals surface area contributed by atoms with Crippen LogP contribution >= 0.6 is 0 Å². The molecule has 2 N–H and O–H groups in total. The molecular formula is C32H32N4O7. The summed E-state index contributed by atoms with van der Waals surface area (Å²) in [7, 11) is 0. The van der Waals surface area contributed by atoms with Crippen molar-refractivity contribution in [3.63, 3.8) is 0 Å². The Morgan fingerprint density at radius 2 is 1.28 bits per heavy atom. The number of carbonyl (C=O) groups excluding carboxylic acids is 4. The normalized spacial score (nSPS) is 18.0. The van der Waals surface area contributed by atoms with Crippen LogP contribution in [0, 0.1) is 11.8 Å². The second-order valence-corrected chi connectivity index (χ2v) is 10.4. The van der Waals surface area contributed by atoms with Crippen molar-refractivity contribution >= 4 is 30.0 Å². The smallest absolute Gasteiger partial charge is 0.437 e. The van der Waals surface area contributed by atoms with E-state index in [9.17, 15) is 19.2 Å². The maximum Gasteiger partial charge on any atom is 0.437 e. The Bertz CT molecular complexity index is 1440. The Kier molecular flexibility index (Phi) is 9.63. The van der Waals surface area contributed by atoms with Crippen LogP contribution in [0.3, 0.4) is 0 Å². The largest absolute Gasteiger partial charge is 0.459 e. The highest BCUT2D eigenvalue weighted by atomic mass is 16.6. The van der Waals surface area contributed by atoms with Crippen molar-refractivity contribution in [2.75, 3.05) is 13.1 Å². The molecule has 222 valence electrons. The first kappa shape index (κ1) is 29.3. The minimum Gasteiger partial charge on any atom is -0.459 e. The third-order valence-corrected chi connectivity index (χ3v) is 7.19. The quantitative estimate of drug-likeness (QED) is 0.128. The highest BCUT2D eigenvalue weighted by Gasteiger charge is 2.47. The second kappa shape index (κ2) is 14.1. The van der Waals surface area contributed by atoms with Gasteiger partial charge in [-0.3, -0.25) is 10.1 Å². The number of β-lactam (4-membered cyclic amide) rings is 1. The Balaban J connectivity index is 1.15. The third kappa shape index (κ3) is 8.19. The number of nitrogens with one attached hydrogen (secondary N) is 2. The SMILES string of the molecule is O=C(/N=C(\NC(=O)OCc1ccccc1)N1CC(CC2C(=O)NC2C(=O)OCc2ccccc2)C1)OCc1ccccc1. The minimum absolute atomic E-state index is 0.00995. The summed E-state index contributed by atoms with van der Waals surface area (Å²) in [5, 5.41) is 5.19. The molecule has 0 radical (unpaired) electrons. The molecule has 0 spiro atoms. The number of benzene rings is 3. The zero-order valence-electron chi connectivity index (χ0n) is 23.4. The number of carbonyl (C=O) groups is 4. The molecule has 11 nitrogen and oxygen atoms in total. The lowest BCUT2D eigenvalue weighted by Crippen LogP contribution is -2.64. The van der Waals surface area contributed by atoms with Gasteiger partial charge in [0.25, 0.3) is 0 Å². The Labute approximate surface area is 248 Å². The van der Waals surface area contributed by atoms with E-state index in [0.717, 1.165) is 16.7 Å². The van der Waals surface area contributed by atoms with Gasteiger partial charge in [0.15, 0.2) is 0 Å². The molecule has 2 heterocycles. The molecule has 0 bridgehead atoms. The van der Waals surface area contributed by atoms with Gasteiger partial charge in [-0.05, 0) is 29.0 Å². The molecule has 2 saturated heterocycles. The number of alkyl carbamates (subject to hydrolysis) is 1. The molecule has 0 saturated carbocycles. The maximum absolute atomic E-state index is 12.6. The van der Waals surface area contributed by atoms with Gasteiger partial charge >= 0.3 is 18.2 Å². The van der Waals surface area contributed by atoms with Gasteiger partial charge in [0.05, 0.1) is 5.92 Å². The zero-order chi connectivity index (χ0) is 30.0. The maximum atomic E-state index is 12.6. The molecule has 11 heteroatoms.